The van der Waals surface area contributed by atoms with Gasteiger partial charge in [-0.1, -0.05) is 18.2 Å². The smallest absolute Gasteiger partial charge is 0.257 e. The molecule has 4 nitrogen and oxygen atoms in total. The maximum absolute atomic E-state index is 13.2. The van der Waals surface area contributed by atoms with E-state index in [4.69, 9.17) is 4.74 Å². The summed E-state index contributed by atoms with van der Waals surface area (Å²) >= 11 is 1.31. The lowest BCUT2D eigenvalue weighted by Crippen LogP contribution is -2.11. The lowest BCUT2D eigenvalue weighted by molar-refractivity contribution is 0.102. The minimum absolute atomic E-state index is 0.251. The SMILES string of the molecule is CCOc1ccccc1-c1csc(NC(=O)c2cccc(F)c2)n1. The fourth-order valence-electron chi connectivity index (χ4n) is 2.21. The van der Waals surface area contributed by atoms with Gasteiger partial charge in [-0.3, -0.25) is 10.1 Å². The molecule has 0 radical (unpaired) electrons. The number of amides is 1. The van der Waals surface area contributed by atoms with Crippen LogP contribution in [0.4, 0.5) is 9.52 Å². The van der Waals surface area contributed by atoms with Crippen molar-refractivity contribution in [1.29, 1.82) is 0 Å². The molecule has 3 aromatic rings. The van der Waals surface area contributed by atoms with Crippen molar-refractivity contribution in [2.24, 2.45) is 0 Å². The number of halogens is 1. The molecule has 0 saturated heterocycles. The number of ether oxygens (including phenoxy) is 1. The Morgan fingerprint density at radius 1 is 1.25 bits per heavy atom. The van der Waals surface area contributed by atoms with Crippen LogP contribution in [-0.4, -0.2) is 17.5 Å². The van der Waals surface area contributed by atoms with Crippen LogP contribution in [0.2, 0.25) is 0 Å². The van der Waals surface area contributed by atoms with Gasteiger partial charge in [0.25, 0.3) is 5.91 Å². The Labute approximate surface area is 142 Å². The number of thiazole rings is 1. The molecule has 0 saturated carbocycles. The molecule has 0 bridgehead atoms. The molecule has 3 rings (SSSR count). The number of anilines is 1. The van der Waals surface area contributed by atoms with Crippen molar-refractivity contribution in [2.45, 2.75) is 6.92 Å². The first-order chi connectivity index (χ1) is 11.7. The van der Waals surface area contributed by atoms with E-state index in [0.29, 0.717) is 11.7 Å². The number of aromatic nitrogens is 1. The van der Waals surface area contributed by atoms with E-state index in [0.717, 1.165) is 17.0 Å². The Morgan fingerprint density at radius 3 is 2.88 bits per heavy atom. The molecule has 0 aliphatic rings. The highest BCUT2D eigenvalue weighted by Crippen LogP contribution is 2.32. The van der Waals surface area contributed by atoms with Gasteiger partial charge in [0, 0.05) is 16.5 Å². The van der Waals surface area contributed by atoms with E-state index in [9.17, 15) is 9.18 Å². The zero-order valence-corrected chi connectivity index (χ0v) is 13.8. The van der Waals surface area contributed by atoms with Crippen LogP contribution in [0, 0.1) is 5.82 Å². The molecule has 1 heterocycles. The highest BCUT2D eigenvalue weighted by Gasteiger charge is 2.13. The Balaban J connectivity index is 1.80. The van der Waals surface area contributed by atoms with Gasteiger partial charge in [0.15, 0.2) is 5.13 Å². The number of nitrogens with one attached hydrogen (secondary N) is 1. The zero-order chi connectivity index (χ0) is 16.9. The second-order valence-electron chi connectivity index (χ2n) is 4.93. The van der Waals surface area contributed by atoms with Gasteiger partial charge in [-0.15, -0.1) is 11.3 Å². The van der Waals surface area contributed by atoms with Crippen molar-refractivity contribution >= 4 is 22.4 Å². The second-order valence-corrected chi connectivity index (χ2v) is 5.79. The minimum atomic E-state index is -0.451. The predicted molar refractivity (Wildman–Crippen MR) is 93.1 cm³/mol. The van der Waals surface area contributed by atoms with Crippen molar-refractivity contribution < 1.29 is 13.9 Å². The molecule has 24 heavy (non-hydrogen) atoms. The number of para-hydroxylation sites is 1. The molecule has 0 aliphatic heterocycles. The second kappa shape index (κ2) is 7.23. The molecule has 0 spiro atoms. The summed E-state index contributed by atoms with van der Waals surface area (Å²) in [5, 5.41) is 4.98. The fourth-order valence-corrected chi connectivity index (χ4v) is 2.92. The maximum atomic E-state index is 13.2. The highest BCUT2D eigenvalue weighted by atomic mass is 32.1. The molecule has 0 aliphatic carbocycles. The summed E-state index contributed by atoms with van der Waals surface area (Å²) in [4.78, 5) is 16.6. The van der Waals surface area contributed by atoms with E-state index >= 15 is 0 Å². The third-order valence-corrected chi connectivity index (χ3v) is 4.03. The molecule has 0 fully saturated rings. The molecule has 1 N–H and O–H groups in total. The molecule has 122 valence electrons. The Kier molecular flexibility index (Phi) is 4.86. The van der Waals surface area contributed by atoms with Crippen molar-refractivity contribution in [1.82, 2.24) is 4.98 Å². The molecule has 2 aromatic carbocycles. The lowest BCUT2D eigenvalue weighted by atomic mass is 10.1. The summed E-state index contributed by atoms with van der Waals surface area (Å²) in [6, 6.07) is 13.1. The lowest BCUT2D eigenvalue weighted by Gasteiger charge is -2.07. The van der Waals surface area contributed by atoms with Crippen molar-refractivity contribution in [3.8, 4) is 17.0 Å². The first kappa shape index (κ1) is 16.1. The third kappa shape index (κ3) is 3.60. The minimum Gasteiger partial charge on any atom is -0.493 e. The number of hydrogen-bond acceptors (Lipinski definition) is 4. The number of rotatable bonds is 5. The normalized spacial score (nSPS) is 10.4. The number of benzene rings is 2. The number of carbonyl (C=O) groups excluding carboxylic acids is 1. The molecule has 0 atom stereocenters. The summed E-state index contributed by atoms with van der Waals surface area (Å²) in [7, 11) is 0. The first-order valence-electron chi connectivity index (χ1n) is 7.42. The van der Waals surface area contributed by atoms with Gasteiger partial charge in [0.05, 0.1) is 12.3 Å². The Bertz CT molecular complexity index is 863. The summed E-state index contributed by atoms with van der Waals surface area (Å²) in [6.07, 6.45) is 0. The summed E-state index contributed by atoms with van der Waals surface area (Å²) in [5.41, 5.74) is 1.84. The molecular weight excluding hydrogens is 327 g/mol. The van der Waals surface area contributed by atoms with Crippen LogP contribution in [0.3, 0.4) is 0 Å². The highest BCUT2D eigenvalue weighted by molar-refractivity contribution is 7.14. The van der Waals surface area contributed by atoms with Crippen LogP contribution in [-0.2, 0) is 0 Å². The number of hydrogen-bond donors (Lipinski definition) is 1. The average molecular weight is 342 g/mol. The zero-order valence-electron chi connectivity index (χ0n) is 13.0. The fraction of sp³-hybridized carbons (Fsp3) is 0.111. The van der Waals surface area contributed by atoms with Crippen LogP contribution >= 0.6 is 11.3 Å². The summed E-state index contributed by atoms with van der Waals surface area (Å²) < 4.78 is 18.8. The van der Waals surface area contributed by atoms with Crippen molar-refractivity contribution in [3.63, 3.8) is 0 Å². The molecule has 1 amide bonds. The van der Waals surface area contributed by atoms with Crippen LogP contribution in [0.5, 0.6) is 5.75 Å². The summed E-state index contributed by atoms with van der Waals surface area (Å²) in [6.45, 7) is 2.48. The standard InChI is InChI=1S/C18H15FN2O2S/c1-2-23-16-9-4-3-8-14(16)15-11-24-18(20-15)21-17(22)12-6-5-7-13(19)10-12/h3-11H,2H2,1H3,(H,20,21,22). The van der Waals surface area contributed by atoms with Gasteiger partial charge in [-0.2, -0.15) is 0 Å². The van der Waals surface area contributed by atoms with Gasteiger partial charge in [0.2, 0.25) is 0 Å². The van der Waals surface area contributed by atoms with Gasteiger partial charge in [-0.05, 0) is 37.3 Å². The van der Waals surface area contributed by atoms with Crippen LogP contribution in [0.15, 0.2) is 53.9 Å². The van der Waals surface area contributed by atoms with E-state index in [1.165, 1.54) is 29.5 Å². The predicted octanol–water partition coefficient (Wildman–Crippen LogP) is 4.60. The number of nitrogens with zero attached hydrogens (tertiary/aromatic N) is 1. The van der Waals surface area contributed by atoms with Crippen molar-refractivity contribution in [2.75, 3.05) is 11.9 Å². The maximum Gasteiger partial charge on any atom is 0.257 e. The first-order valence-corrected chi connectivity index (χ1v) is 8.30. The Morgan fingerprint density at radius 2 is 2.08 bits per heavy atom. The molecular formula is C18H15FN2O2S. The Hall–Kier alpha value is -2.73. The topological polar surface area (TPSA) is 51.2 Å². The van der Waals surface area contributed by atoms with Gasteiger partial charge in [-0.25, -0.2) is 9.37 Å². The van der Waals surface area contributed by atoms with Crippen LogP contribution < -0.4 is 10.1 Å². The van der Waals surface area contributed by atoms with Gasteiger partial charge in [0.1, 0.15) is 11.6 Å². The average Bonchev–Trinajstić information content (AvgIpc) is 3.04. The van der Waals surface area contributed by atoms with Gasteiger partial charge >= 0.3 is 0 Å². The van der Waals surface area contributed by atoms with E-state index < -0.39 is 11.7 Å². The molecule has 6 heteroatoms. The van der Waals surface area contributed by atoms with Crippen LogP contribution in [0.25, 0.3) is 11.3 Å². The van der Waals surface area contributed by atoms with Crippen LogP contribution in [0.1, 0.15) is 17.3 Å². The number of carbonyl (C=O) groups is 1. The largest absolute Gasteiger partial charge is 0.493 e. The monoisotopic (exact) mass is 342 g/mol. The van der Waals surface area contributed by atoms with E-state index in [-0.39, 0.29) is 5.56 Å². The van der Waals surface area contributed by atoms with Crippen molar-refractivity contribution in [3.05, 3.63) is 65.3 Å². The van der Waals surface area contributed by atoms with Gasteiger partial charge < -0.3 is 4.74 Å². The van der Waals surface area contributed by atoms with E-state index in [1.807, 2.05) is 36.6 Å². The summed E-state index contributed by atoms with van der Waals surface area (Å²) in [5.74, 6) is -0.102. The molecule has 1 aromatic heterocycles. The molecule has 0 unspecified atom stereocenters. The quantitative estimate of drug-likeness (QED) is 0.737. The van der Waals surface area contributed by atoms with E-state index in [1.54, 1.807) is 6.07 Å². The van der Waals surface area contributed by atoms with E-state index in [2.05, 4.69) is 10.3 Å². The third-order valence-electron chi connectivity index (χ3n) is 3.27.